The van der Waals surface area contributed by atoms with Gasteiger partial charge in [-0.15, -0.1) is 0 Å². The summed E-state index contributed by atoms with van der Waals surface area (Å²) < 4.78 is 10.8. The Balaban J connectivity index is 1.65. The van der Waals surface area contributed by atoms with Crippen LogP contribution in [0.15, 0.2) is 48.5 Å². The van der Waals surface area contributed by atoms with Gasteiger partial charge in [0, 0.05) is 6.42 Å². The van der Waals surface area contributed by atoms with Crippen molar-refractivity contribution >= 4 is 5.91 Å². The largest absolute Gasteiger partial charge is 0.497 e. The summed E-state index contributed by atoms with van der Waals surface area (Å²) in [6.07, 6.45) is 1.15. The van der Waals surface area contributed by atoms with E-state index in [1.807, 2.05) is 55.5 Å². The van der Waals surface area contributed by atoms with E-state index >= 15 is 0 Å². The molecule has 4 heteroatoms. The zero-order chi connectivity index (χ0) is 16.5. The van der Waals surface area contributed by atoms with Crippen LogP contribution in [0.3, 0.4) is 0 Å². The van der Waals surface area contributed by atoms with Crippen molar-refractivity contribution in [2.75, 3.05) is 20.3 Å². The second kappa shape index (κ2) is 8.83. The monoisotopic (exact) mass is 313 g/mol. The van der Waals surface area contributed by atoms with Gasteiger partial charge in [0.05, 0.1) is 13.7 Å². The summed E-state index contributed by atoms with van der Waals surface area (Å²) in [5.74, 6) is 1.67. The number of hydrogen-bond donors (Lipinski definition) is 1. The minimum Gasteiger partial charge on any atom is -0.497 e. The lowest BCUT2D eigenvalue weighted by Gasteiger charge is -2.08. The molecule has 0 aliphatic heterocycles. The predicted octanol–water partition coefficient (Wildman–Crippen LogP) is 3.13. The highest BCUT2D eigenvalue weighted by Gasteiger charge is 2.03. The molecule has 0 unspecified atom stereocenters. The summed E-state index contributed by atoms with van der Waals surface area (Å²) in [5.41, 5.74) is 2.25. The Labute approximate surface area is 137 Å². The zero-order valence-corrected chi connectivity index (χ0v) is 13.7. The molecule has 2 aromatic rings. The number of rotatable bonds is 8. The SMILES string of the molecule is COc1cccc(CCC(=O)NCCOc2cccc(C)c2)c1. The number of amides is 1. The lowest BCUT2D eigenvalue weighted by Crippen LogP contribution is -2.28. The Bertz CT molecular complexity index is 640. The lowest BCUT2D eigenvalue weighted by atomic mass is 10.1. The molecule has 0 bridgehead atoms. The van der Waals surface area contributed by atoms with Gasteiger partial charge in [-0.25, -0.2) is 0 Å². The molecular formula is C19H23NO3. The molecule has 0 radical (unpaired) electrons. The Morgan fingerprint density at radius 2 is 1.87 bits per heavy atom. The predicted molar refractivity (Wildman–Crippen MR) is 91.0 cm³/mol. The minimum atomic E-state index is 0.0284. The first kappa shape index (κ1) is 16.9. The van der Waals surface area contributed by atoms with Crippen LogP contribution in [0.1, 0.15) is 17.5 Å². The number of benzene rings is 2. The van der Waals surface area contributed by atoms with E-state index in [1.54, 1.807) is 7.11 Å². The summed E-state index contributed by atoms with van der Waals surface area (Å²) in [6, 6.07) is 15.6. The zero-order valence-electron chi connectivity index (χ0n) is 13.7. The van der Waals surface area contributed by atoms with E-state index in [0.29, 0.717) is 26.0 Å². The highest BCUT2D eigenvalue weighted by atomic mass is 16.5. The maximum atomic E-state index is 11.8. The Hall–Kier alpha value is -2.49. The van der Waals surface area contributed by atoms with Crippen molar-refractivity contribution in [3.05, 3.63) is 59.7 Å². The van der Waals surface area contributed by atoms with Crippen LogP contribution < -0.4 is 14.8 Å². The highest BCUT2D eigenvalue weighted by Crippen LogP contribution is 2.14. The molecule has 0 heterocycles. The highest BCUT2D eigenvalue weighted by molar-refractivity contribution is 5.76. The fourth-order valence-corrected chi connectivity index (χ4v) is 2.24. The van der Waals surface area contributed by atoms with Gasteiger partial charge < -0.3 is 14.8 Å². The van der Waals surface area contributed by atoms with Crippen LogP contribution in [0.25, 0.3) is 0 Å². The molecular weight excluding hydrogens is 290 g/mol. The minimum absolute atomic E-state index is 0.0284. The first-order valence-corrected chi connectivity index (χ1v) is 7.76. The molecule has 1 amide bonds. The topological polar surface area (TPSA) is 47.6 Å². The quantitative estimate of drug-likeness (QED) is 0.762. The van der Waals surface area contributed by atoms with Gasteiger partial charge in [-0.3, -0.25) is 4.79 Å². The molecule has 1 N–H and O–H groups in total. The maximum absolute atomic E-state index is 11.8. The van der Waals surface area contributed by atoms with Crippen LogP contribution in [-0.4, -0.2) is 26.2 Å². The van der Waals surface area contributed by atoms with Crippen molar-refractivity contribution in [1.82, 2.24) is 5.32 Å². The molecule has 2 rings (SSSR count). The number of methoxy groups -OCH3 is 1. The third kappa shape index (κ3) is 6.02. The molecule has 0 fully saturated rings. The third-order valence-corrected chi connectivity index (χ3v) is 3.46. The summed E-state index contributed by atoms with van der Waals surface area (Å²) in [6.45, 7) is 2.99. The van der Waals surface area contributed by atoms with Crippen molar-refractivity contribution in [2.24, 2.45) is 0 Å². The van der Waals surface area contributed by atoms with Crippen LogP contribution in [0.2, 0.25) is 0 Å². The number of nitrogens with one attached hydrogen (secondary N) is 1. The molecule has 0 aliphatic rings. The van der Waals surface area contributed by atoms with Gasteiger partial charge in [0.2, 0.25) is 5.91 Å². The molecule has 122 valence electrons. The normalized spacial score (nSPS) is 10.2. The molecule has 0 aliphatic carbocycles. The van der Waals surface area contributed by atoms with Crippen molar-refractivity contribution in [2.45, 2.75) is 19.8 Å². The first-order chi connectivity index (χ1) is 11.2. The van der Waals surface area contributed by atoms with Gasteiger partial charge in [0.25, 0.3) is 0 Å². The van der Waals surface area contributed by atoms with Gasteiger partial charge in [-0.05, 0) is 48.7 Å². The fourth-order valence-electron chi connectivity index (χ4n) is 2.24. The molecule has 0 atom stereocenters. The van der Waals surface area contributed by atoms with Crippen LogP contribution >= 0.6 is 0 Å². The number of aryl methyl sites for hydroxylation is 2. The number of carbonyl (C=O) groups is 1. The Morgan fingerprint density at radius 3 is 2.65 bits per heavy atom. The molecule has 4 nitrogen and oxygen atoms in total. The molecule has 0 spiro atoms. The second-order valence-corrected chi connectivity index (χ2v) is 5.37. The fraction of sp³-hybridized carbons (Fsp3) is 0.316. The number of carbonyl (C=O) groups excluding carboxylic acids is 1. The molecule has 0 saturated heterocycles. The van der Waals surface area contributed by atoms with E-state index in [-0.39, 0.29) is 5.91 Å². The average Bonchev–Trinajstić information content (AvgIpc) is 2.57. The second-order valence-electron chi connectivity index (χ2n) is 5.37. The van der Waals surface area contributed by atoms with E-state index in [4.69, 9.17) is 9.47 Å². The van der Waals surface area contributed by atoms with Crippen LogP contribution in [0.4, 0.5) is 0 Å². The molecule has 23 heavy (non-hydrogen) atoms. The van der Waals surface area contributed by atoms with Gasteiger partial charge >= 0.3 is 0 Å². The van der Waals surface area contributed by atoms with Crippen LogP contribution in [0, 0.1) is 6.92 Å². The molecule has 2 aromatic carbocycles. The standard InChI is InChI=1S/C19H23NO3/c1-15-5-3-8-18(13-15)23-12-11-20-19(21)10-9-16-6-4-7-17(14-16)22-2/h3-8,13-14H,9-12H2,1-2H3,(H,20,21). The van der Waals surface area contributed by atoms with Gasteiger partial charge in [0.15, 0.2) is 0 Å². The van der Waals surface area contributed by atoms with Gasteiger partial charge in [-0.1, -0.05) is 24.3 Å². The van der Waals surface area contributed by atoms with Crippen LogP contribution in [0.5, 0.6) is 11.5 Å². The van der Waals surface area contributed by atoms with E-state index in [2.05, 4.69) is 5.32 Å². The van der Waals surface area contributed by atoms with Gasteiger partial charge in [0.1, 0.15) is 18.1 Å². The summed E-state index contributed by atoms with van der Waals surface area (Å²) in [5, 5.41) is 2.87. The van der Waals surface area contributed by atoms with E-state index in [1.165, 1.54) is 0 Å². The Kier molecular flexibility index (Phi) is 6.48. The van der Waals surface area contributed by atoms with Crippen LogP contribution in [-0.2, 0) is 11.2 Å². The van der Waals surface area contributed by atoms with Crippen molar-refractivity contribution in [1.29, 1.82) is 0 Å². The summed E-state index contributed by atoms with van der Waals surface area (Å²) in [4.78, 5) is 11.8. The van der Waals surface area contributed by atoms with E-state index < -0.39 is 0 Å². The Morgan fingerprint density at radius 1 is 1.09 bits per heavy atom. The molecule has 0 aromatic heterocycles. The van der Waals surface area contributed by atoms with E-state index in [0.717, 1.165) is 22.6 Å². The third-order valence-electron chi connectivity index (χ3n) is 3.46. The number of ether oxygens (including phenoxy) is 2. The van der Waals surface area contributed by atoms with E-state index in [9.17, 15) is 4.79 Å². The van der Waals surface area contributed by atoms with Crippen molar-refractivity contribution in [3.63, 3.8) is 0 Å². The smallest absolute Gasteiger partial charge is 0.220 e. The first-order valence-electron chi connectivity index (χ1n) is 7.76. The maximum Gasteiger partial charge on any atom is 0.220 e. The number of hydrogen-bond acceptors (Lipinski definition) is 3. The van der Waals surface area contributed by atoms with Crippen molar-refractivity contribution in [3.8, 4) is 11.5 Å². The van der Waals surface area contributed by atoms with Gasteiger partial charge in [-0.2, -0.15) is 0 Å². The van der Waals surface area contributed by atoms with Crippen molar-refractivity contribution < 1.29 is 14.3 Å². The average molecular weight is 313 g/mol. The summed E-state index contributed by atoms with van der Waals surface area (Å²) in [7, 11) is 1.64. The summed E-state index contributed by atoms with van der Waals surface area (Å²) >= 11 is 0. The molecule has 0 saturated carbocycles. The lowest BCUT2D eigenvalue weighted by molar-refractivity contribution is -0.121.